The minimum atomic E-state index is 0.0488. The molecule has 0 saturated carbocycles. The van der Waals surface area contributed by atoms with E-state index in [9.17, 15) is 4.79 Å². The van der Waals surface area contributed by atoms with Gasteiger partial charge in [0.1, 0.15) is 0 Å². The number of ketones is 1. The van der Waals surface area contributed by atoms with Crippen molar-refractivity contribution in [2.24, 2.45) is 0 Å². The largest absolute Gasteiger partial charge is 0.293 e. The van der Waals surface area contributed by atoms with Gasteiger partial charge in [0.25, 0.3) is 0 Å². The smallest absolute Gasteiger partial charge is 0.173 e. The van der Waals surface area contributed by atoms with Gasteiger partial charge in [-0.1, -0.05) is 34.8 Å². The van der Waals surface area contributed by atoms with E-state index >= 15 is 0 Å². The maximum Gasteiger partial charge on any atom is 0.173 e. The standard InChI is InChI=1S/C14H9Cl3OS/c15-10-3-1-9(2-4-10)14(18)8-19-11-5-6-12(16)13(17)7-11/h1-7H,8H2. The van der Waals surface area contributed by atoms with Crippen molar-refractivity contribution in [3.05, 3.63) is 63.1 Å². The summed E-state index contributed by atoms with van der Waals surface area (Å²) in [5.74, 6) is 0.396. The van der Waals surface area contributed by atoms with E-state index < -0.39 is 0 Å². The van der Waals surface area contributed by atoms with Crippen LogP contribution in [0.25, 0.3) is 0 Å². The molecule has 2 aromatic carbocycles. The van der Waals surface area contributed by atoms with Crippen LogP contribution in [0.5, 0.6) is 0 Å². The number of Topliss-reactive ketones (excluding diaryl/α,β-unsaturated/α-hetero) is 1. The molecule has 0 radical (unpaired) electrons. The van der Waals surface area contributed by atoms with Crippen molar-refractivity contribution >= 4 is 52.3 Å². The molecule has 0 aromatic heterocycles. The Balaban J connectivity index is 2.00. The Kier molecular flexibility index (Phi) is 5.17. The summed E-state index contributed by atoms with van der Waals surface area (Å²) in [5.41, 5.74) is 0.650. The van der Waals surface area contributed by atoms with Gasteiger partial charge in [0.2, 0.25) is 0 Å². The highest BCUT2D eigenvalue weighted by atomic mass is 35.5. The predicted octanol–water partition coefficient (Wildman–Crippen LogP) is 5.62. The van der Waals surface area contributed by atoms with Crippen LogP contribution < -0.4 is 0 Å². The Bertz CT molecular complexity index is 596. The number of hydrogen-bond donors (Lipinski definition) is 0. The van der Waals surface area contributed by atoms with Crippen LogP contribution in [-0.4, -0.2) is 11.5 Å². The molecule has 0 aliphatic heterocycles. The Labute approximate surface area is 130 Å². The summed E-state index contributed by atoms with van der Waals surface area (Å²) >= 11 is 19.0. The first kappa shape index (κ1) is 14.7. The Morgan fingerprint density at radius 1 is 0.947 bits per heavy atom. The molecule has 0 heterocycles. The molecule has 5 heteroatoms. The third-order valence-corrected chi connectivity index (χ3v) is 4.41. The summed E-state index contributed by atoms with van der Waals surface area (Å²) in [6.45, 7) is 0. The van der Waals surface area contributed by atoms with E-state index in [0.29, 0.717) is 26.4 Å². The average Bonchev–Trinajstić information content (AvgIpc) is 2.40. The van der Waals surface area contributed by atoms with Crippen LogP contribution in [0, 0.1) is 0 Å². The van der Waals surface area contributed by atoms with Crippen molar-refractivity contribution in [2.75, 3.05) is 5.75 Å². The lowest BCUT2D eigenvalue weighted by Crippen LogP contribution is -2.01. The van der Waals surface area contributed by atoms with Crippen LogP contribution in [-0.2, 0) is 0 Å². The van der Waals surface area contributed by atoms with Gasteiger partial charge >= 0.3 is 0 Å². The van der Waals surface area contributed by atoms with E-state index in [1.54, 1.807) is 36.4 Å². The second-order valence-corrected chi connectivity index (χ2v) is 6.09. The molecule has 19 heavy (non-hydrogen) atoms. The molecule has 0 bridgehead atoms. The van der Waals surface area contributed by atoms with Crippen LogP contribution in [0.4, 0.5) is 0 Å². The van der Waals surface area contributed by atoms with Gasteiger partial charge in [-0.05, 0) is 42.5 Å². The maximum atomic E-state index is 12.0. The summed E-state index contributed by atoms with van der Waals surface area (Å²) in [7, 11) is 0. The number of halogens is 3. The van der Waals surface area contributed by atoms with Crippen molar-refractivity contribution in [3.63, 3.8) is 0 Å². The number of hydrogen-bond acceptors (Lipinski definition) is 2. The monoisotopic (exact) mass is 330 g/mol. The number of carbonyl (C=O) groups excluding carboxylic acids is 1. The fourth-order valence-electron chi connectivity index (χ4n) is 1.43. The minimum Gasteiger partial charge on any atom is -0.293 e. The number of thioether (sulfide) groups is 1. The summed E-state index contributed by atoms with van der Waals surface area (Å²) < 4.78 is 0. The lowest BCUT2D eigenvalue weighted by molar-refractivity contribution is 0.102. The van der Waals surface area contributed by atoms with Gasteiger partial charge in [0.15, 0.2) is 5.78 Å². The highest BCUT2D eigenvalue weighted by Crippen LogP contribution is 2.28. The van der Waals surface area contributed by atoms with Crippen molar-refractivity contribution in [3.8, 4) is 0 Å². The molecule has 0 fully saturated rings. The highest BCUT2D eigenvalue weighted by molar-refractivity contribution is 8.00. The van der Waals surface area contributed by atoms with Crippen LogP contribution in [0.15, 0.2) is 47.4 Å². The van der Waals surface area contributed by atoms with E-state index in [2.05, 4.69) is 0 Å². The molecule has 0 spiro atoms. The van der Waals surface area contributed by atoms with E-state index in [0.717, 1.165) is 4.90 Å². The summed E-state index contributed by atoms with van der Waals surface area (Å²) in [4.78, 5) is 12.9. The molecule has 0 aliphatic carbocycles. The molecule has 0 saturated heterocycles. The molecular weight excluding hydrogens is 323 g/mol. The first-order valence-electron chi connectivity index (χ1n) is 5.43. The molecule has 98 valence electrons. The molecule has 0 unspecified atom stereocenters. The topological polar surface area (TPSA) is 17.1 Å². The number of benzene rings is 2. The minimum absolute atomic E-state index is 0.0488. The van der Waals surface area contributed by atoms with Gasteiger partial charge in [-0.25, -0.2) is 0 Å². The summed E-state index contributed by atoms with van der Waals surface area (Å²) in [6.07, 6.45) is 0. The van der Waals surface area contributed by atoms with Gasteiger partial charge in [-0.2, -0.15) is 0 Å². The van der Waals surface area contributed by atoms with Crippen molar-refractivity contribution in [1.82, 2.24) is 0 Å². The SMILES string of the molecule is O=C(CSc1ccc(Cl)c(Cl)c1)c1ccc(Cl)cc1. The van der Waals surface area contributed by atoms with Crippen molar-refractivity contribution in [1.29, 1.82) is 0 Å². The van der Waals surface area contributed by atoms with Crippen molar-refractivity contribution < 1.29 is 4.79 Å². The molecule has 1 nitrogen and oxygen atoms in total. The zero-order chi connectivity index (χ0) is 13.8. The zero-order valence-corrected chi connectivity index (χ0v) is 12.8. The normalized spacial score (nSPS) is 10.5. The predicted molar refractivity (Wildman–Crippen MR) is 83.0 cm³/mol. The molecule has 0 atom stereocenters. The Morgan fingerprint density at radius 3 is 2.26 bits per heavy atom. The Hall–Kier alpha value is -0.670. The van der Waals surface area contributed by atoms with Gasteiger partial charge in [-0.3, -0.25) is 4.79 Å². The molecular formula is C14H9Cl3OS. The quantitative estimate of drug-likeness (QED) is 0.534. The fraction of sp³-hybridized carbons (Fsp3) is 0.0714. The van der Waals surface area contributed by atoms with Gasteiger partial charge in [0.05, 0.1) is 15.8 Å². The number of rotatable bonds is 4. The van der Waals surface area contributed by atoms with Gasteiger partial charge in [-0.15, -0.1) is 11.8 Å². The second-order valence-electron chi connectivity index (χ2n) is 3.79. The lowest BCUT2D eigenvalue weighted by atomic mass is 10.1. The fourth-order valence-corrected chi connectivity index (χ4v) is 2.75. The first-order valence-corrected chi connectivity index (χ1v) is 7.55. The van der Waals surface area contributed by atoms with Crippen LogP contribution in [0.2, 0.25) is 15.1 Å². The number of carbonyl (C=O) groups is 1. The third-order valence-electron chi connectivity index (χ3n) is 2.43. The highest BCUT2D eigenvalue weighted by Gasteiger charge is 2.07. The van der Waals surface area contributed by atoms with E-state index in [-0.39, 0.29) is 5.78 Å². The van der Waals surface area contributed by atoms with Gasteiger partial charge in [0, 0.05) is 15.5 Å². The lowest BCUT2D eigenvalue weighted by Gasteiger charge is -2.03. The first-order chi connectivity index (χ1) is 9.06. The summed E-state index contributed by atoms with van der Waals surface area (Å²) in [6, 6.07) is 12.2. The van der Waals surface area contributed by atoms with Crippen LogP contribution in [0.1, 0.15) is 10.4 Å². The second kappa shape index (κ2) is 6.67. The van der Waals surface area contributed by atoms with Gasteiger partial charge < -0.3 is 0 Å². The van der Waals surface area contributed by atoms with Crippen LogP contribution >= 0.6 is 46.6 Å². The van der Waals surface area contributed by atoms with Crippen LogP contribution in [0.3, 0.4) is 0 Å². The van der Waals surface area contributed by atoms with E-state index in [4.69, 9.17) is 34.8 Å². The molecule has 2 rings (SSSR count). The molecule has 0 N–H and O–H groups in total. The summed E-state index contributed by atoms with van der Waals surface area (Å²) in [5, 5.41) is 1.62. The average molecular weight is 332 g/mol. The molecule has 2 aromatic rings. The van der Waals surface area contributed by atoms with E-state index in [1.165, 1.54) is 11.8 Å². The zero-order valence-electron chi connectivity index (χ0n) is 9.70. The third kappa shape index (κ3) is 4.15. The Morgan fingerprint density at radius 2 is 1.63 bits per heavy atom. The molecule has 0 aliphatic rings. The maximum absolute atomic E-state index is 12.0. The molecule has 0 amide bonds. The van der Waals surface area contributed by atoms with Crippen molar-refractivity contribution in [2.45, 2.75) is 4.90 Å². The van der Waals surface area contributed by atoms with E-state index in [1.807, 2.05) is 6.07 Å².